The zero-order chi connectivity index (χ0) is 13.3. The number of rotatable bonds is 2. The first-order chi connectivity index (χ1) is 9.23. The highest BCUT2D eigenvalue weighted by atomic mass is 35.5. The van der Waals surface area contributed by atoms with Gasteiger partial charge in [-0.05, 0) is 35.8 Å². The molecular formula is C17H13ClO. The van der Waals surface area contributed by atoms with Crippen LogP contribution < -0.4 is 0 Å². The normalized spacial score (nSPS) is 21.8. The number of ketones is 1. The van der Waals surface area contributed by atoms with E-state index in [9.17, 15) is 4.79 Å². The van der Waals surface area contributed by atoms with Crippen LogP contribution in [0.15, 0.2) is 66.7 Å². The summed E-state index contributed by atoms with van der Waals surface area (Å²) in [5.41, 5.74) is 1.46. The molecule has 0 fully saturated rings. The van der Waals surface area contributed by atoms with Gasteiger partial charge in [0.1, 0.15) is 0 Å². The topological polar surface area (TPSA) is 17.1 Å². The molecule has 1 atom stereocenters. The van der Waals surface area contributed by atoms with Crippen molar-refractivity contribution in [2.75, 3.05) is 0 Å². The molecule has 0 amide bonds. The second kappa shape index (κ2) is 4.67. The fourth-order valence-electron chi connectivity index (χ4n) is 2.73. The molecule has 0 heterocycles. The van der Waals surface area contributed by atoms with Crippen molar-refractivity contribution in [2.45, 2.75) is 11.8 Å². The summed E-state index contributed by atoms with van der Waals surface area (Å²) in [6.45, 7) is 0. The Morgan fingerprint density at radius 3 is 2.11 bits per heavy atom. The van der Waals surface area contributed by atoms with E-state index in [1.807, 2.05) is 60.7 Å². The summed E-state index contributed by atoms with van der Waals surface area (Å²) in [5, 5.41) is 0.686. The maximum atomic E-state index is 12.5. The Kier molecular flexibility index (Phi) is 3.00. The first-order valence-electron chi connectivity index (χ1n) is 6.26. The Bertz CT molecular complexity index is 628. The lowest BCUT2D eigenvalue weighted by Gasteiger charge is -2.28. The van der Waals surface area contributed by atoms with E-state index in [0.29, 0.717) is 11.4 Å². The first kappa shape index (κ1) is 12.2. The van der Waals surface area contributed by atoms with Gasteiger partial charge < -0.3 is 0 Å². The predicted octanol–water partition coefficient (Wildman–Crippen LogP) is 4.16. The third-order valence-corrected chi connectivity index (χ3v) is 3.97. The quantitative estimate of drug-likeness (QED) is 0.799. The predicted molar refractivity (Wildman–Crippen MR) is 77.4 cm³/mol. The van der Waals surface area contributed by atoms with Crippen molar-refractivity contribution < 1.29 is 4.79 Å². The van der Waals surface area contributed by atoms with Crippen LogP contribution in [0, 0.1) is 0 Å². The summed E-state index contributed by atoms with van der Waals surface area (Å²) >= 11 is 5.95. The number of benzene rings is 2. The zero-order valence-electron chi connectivity index (χ0n) is 10.3. The van der Waals surface area contributed by atoms with Crippen molar-refractivity contribution in [3.05, 3.63) is 82.9 Å². The molecule has 0 saturated carbocycles. The number of hydrogen-bond donors (Lipinski definition) is 0. The van der Waals surface area contributed by atoms with E-state index in [0.717, 1.165) is 11.1 Å². The monoisotopic (exact) mass is 268 g/mol. The zero-order valence-corrected chi connectivity index (χ0v) is 11.1. The Hall–Kier alpha value is -1.86. The SMILES string of the molecule is O=C1C=CCC1(c1ccccc1)c1ccc(Cl)cc1. The number of hydrogen-bond acceptors (Lipinski definition) is 1. The molecule has 2 heteroatoms. The van der Waals surface area contributed by atoms with E-state index in [1.54, 1.807) is 6.08 Å². The number of carbonyl (C=O) groups is 1. The lowest BCUT2D eigenvalue weighted by atomic mass is 9.72. The van der Waals surface area contributed by atoms with Gasteiger partial charge in [-0.3, -0.25) is 4.79 Å². The second-order valence-corrected chi connectivity index (χ2v) is 5.19. The molecule has 0 aromatic heterocycles. The number of halogens is 1. The van der Waals surface area contributed by atoms with E-state index < -0.39 is 5.41 Å². The third kappa shape index (κ3) is 1.91. The average Bonchev–Trinajstić information content (AvgIpc) is 2.83. The van der Waals surface area contributed by atoms with E-state index in [2.05, 4.69) is 0 Å². The minimum atomic E-state index is -0.578. The molecule has 1 aliphatic rings. The van der Waals surface area contributed by atoms with Gasteiger partial charge in [-0.25, -0.2) is 0 Å². The lowest BCUT2D eigenvalue weighted by Crippen LogP contribution is -2.32. The molecule has 1 aliphatic carbocycles. The summed E-state index contributed by atoms with van der Waals surface area (Å²) in [5.74, 6) is 0.140. The first-order valence-corrected chi connectivity index (χ1v) is 6.64. The fraction of sp³-hybridized carbons (Fsp3) is 0.118. The van der Waals surface area contributed by atoms with Crippen molar-refractivity contribution in [3.63, 3.8) is 0 Å². The maximum Gasteiger partial charge on any atom is 0.170 e. The van der Waals surface area contributed by atoms with E-state index >= 15 is 0 Å². The van der Waals surface area contributed by atoms with Gasteiger partial charge in [0.15, 0.2) is 5.78 Å². The molecule has 0 radical (unpaired) electrons. The lowest BCUT2D eigenvalue weighted by molar-refractivity contribution is -0.117. The van der Waals surface area contributed by atoms with Gasteiger partial charge in [-0.15, -0.1) is 0 Å². The Balaban J connectivity index is 2.19. The van der Waals surface area contributed by atoms with Gasteiger partial charge in [0.05, 0.1) is 5.41 Å². The molecule has 1 nitrogen and oxygen atoms in total. The molecule has 2 aromatic rings. The van der Waals surface area contributed by atoms with Gasteiger partial charge in [0, 0.05) is 5.02 Å². The van der Waals surface area contributed by atoms with Crippen LogP contribution in [0.25, 0.3) is 0 Å². The van der Waals surface area contributed by atoms with Crippen molar-refractivity contribution in [1.29, 1.82) is 0 Å². The van der Waals surface area contributed by atoms with Gasteiger partial charge >= 0.3 is 0 Å². The van der Waals surface area contributed by atoms with Crippen LogP contribution >= 0.6 is 11.6 Å². The Morgan fingerprint density at radius 1 is 0.895 bits per heavy atom. The Morgan fingerprint density at radius 2 is 1.53 bits per heavy atom. The van der Waals surface area contributed by atoms with E-state index in [-0.39, 0.29) is 5.78 Å². The molecule has 0 N–H and O–H groups in total. The van der Waals surface area contributed by atoms with Gasteiger partial charge in [-0.1, -0.05) is 60.1 Å². The summed E-state index contributed by atoms with van der Waals surface area (Å²) < 4.78 is 0. The van der Waals surface area contributed by atoms with Crippen LogP contribution in [-0.2, 0) is 10.2 Å². The molecule has 0 aliphatic heterocycles. The number of allylic oxidation sites excluding steroid dienone is 2. The van der Waals surface area contributed by atoms with E-state index in [4.69, 9.17) is 11.6 Å². The van der Waals surface area contributed by atoms with Crippen molar-refractivity contribution in [1.82, 2.24) is 0 Å². The largest absolute Gasteiger partial charge is 0.293 e. The maximum absolute atomic E-state index is 12.5. The van der Waals surface area contributed by atoms with Crippen LogP contribution in [0.2, 0.25) is 5.02 Å². The van der Waals surface area contributed by atoms with Crippen LogP contribution in [0.3, 0.4) is 0 Å². The molecule has 3 rings (SSSR count). The summed E-state index contributed by atoms with van der Waals surface area (Å²) in [6.07, 6.45) is 4.34. The number of carbonyl (C=O) groups excluding carboxylic acids is 1. The van der Waals surface area contributed by atoms with E-state index in [1.165, 1.54) is 0 Å². The van der Waals surface area contributed by atoms with Gasteiger partial charge in [-0.2, -0.15) is 0 Å². The van der Waals surface area contributed by atoms with Crippen LogP contribution in [-0.4, -0.2) is 5.78 Å². The molecule has 0 bridgehead atoms. The minimum Gasteiger partial charge on any atom is -0.293 e. The molecular weight excluding hydrogens is 256 g/mol. The summed E-state index contributed by atoms with van der Waals surface area (Å²) in [6, 6.07) is 17.5. The van der Waals surface area contributed by atoms with Gasteiger partial charge in [0.25, 0.3) is 0 Å². The Labute approximate surface area is 117 Å². The molecule has 0 spiro atoms. The summed E-state index contributed by atoms with van der Waals surface area (Å²) in [4.78, 5) is 12.5. The van der Waals surface area contributed by atoms with Crippen LogP contribution in [0.5, 0.6) is 0 Å². The molecule has 19 heavy (non-hydrogen) atoms. The molecule has 94 valence electrons. The average molecular weight is 269 g/mol. The highest BCUT2D eigenvalue weighted by Crippen LogP contribution is 2.41. The van der Waals surface area contributed by atoms with Crippen molar-refractivity contribution in [2.24, 2.45) is 0 Å². The second-order valence-electron chi connectivity index (χ2n) is 4.75. The smallest absolute Gasteiger partial charge is 0.170 e. The van der Waals surface area contributed by atoms with Gasteiger partial charge in [0.2, 0.25) is 0 Å². The van der Waals surface area contributed by atoms with Crippen molar-refractivity contribution >= 4 is 17.4 Å². The molecule has 2 aromatic carbocycles. The minimum absolute atomic E-state index is 0.140. The molecule has 0 saturated heterocycles. The highest BCUT2D eigenvalue weighted by molar-refractivity contribution is 6.30. The fourth-order valence-corrected chi connectivity index (χ4v) is 2.86. The summed E-state index contributed by atoms with van der Waals surface area (Å²) in [7, 11) is 0. The van der Waals surface area contributed by atoms with Crippen molar-refractivity contribution in [3.8, 4) is 0 Å². The highest BCUT2D eigenvalue weighted by Gasteiger charge is 2.42. The molecule has 1 unspecified atom stereocenters. The van der Waals surface area contributed by atoms with Crippen LogP contribution in [0.4, 0.5) is 0 Å². The standard InChI is InChI=1S/C17H13ClO/c18-15-10-8-14(9-11-15)17(12-4-7-16(17)19)13-5-2-1-3-6-13/h1-11H,12H2. The van der Waals surface area contributed by atoms with Crippen LogP contribution in [0.1, 0.15) is 17.5 Å². The third-order valence-electron chi connectivity index (χ3n) is 3.72.